The van der Waals surface area contributed by atoms with Crippen LogP contribution in [0.4, 0.5) is 6.01 Å². The molecule has 3 aromatic rings. The van der Waals surface area contributed by atoms with E-state index in [-0.39, 0.29) is 11.8 Å². The van der Waals surface area contributed by atoms with E-state index < -0.39 is 0 Å². The van der Waals surface area contributed by atoms with Gasteiger partial charge in [-0.1, -0.05) is 35.4 Å². The number of para-hydroxylation sites is 1. The first-order valence-corrected chi connectivity index (χ1v) is 6.04. The summed E-state index contributed by atoms with van der Waals surface area (Å²) in [5, 5.41) is 17.4. The molecule has 0 saturated heterocycles. The quantitative estimate of drug-likeness (QED) is 0.738. The number of aromatic nitrogens is 2. The fourth-order valence-electron chi connectivity index (χ4n) is 1.69. The Morgan fingerprint density at radius 1 is 0.950 bits per heavy atom. The molecule has 0 atom stereocenters. The lowest BCUT2D eigenvalue weighted by Gasteiger charge is -1.95. The molecule has 0 saturated carbocycles. The first kappa shape index (κ1) is 12.1. The maximum absolute atomic E-state index is 9.61. The monoisotopic (exact) mass is 265 g/mol. The van der Waals surface area contributed by atoms with Crippen LogP contribution >= 0.6 is 0 Å². The Labute approximate surface area is 115 Å². The third-order valence-corrected chi connectivity index (χ3v) is 2.69. The lowest BCUT2D eigenvalue weighted by Crippen LogP contribution is -1.80. The summed E-state index contributed by atoms with van der Waals surface area (Å²) in [5.74, 6) is 0.564. The van der Waals surface area contributed by atoms with E-state index in [1.54, 1.807) is 18.2 Å². The Balaban J connectivity index is 1.83. The molecule has 0 radical (unpaired) electrons. The molecule has 0 spiro atoms. The van der Waals surface area contributed by atoms with E-state index in [1.807, 2.05) is 36.4 Å². The summed E-state index contributed by atoms with van der Waals surface area (Å²) in [4.78, 5) is 4.06. The van der Waals surface area contributed by atoms with Crippen molar-refractivity contribution in [2.45, 2.75) is 0 Å². The number of nitrogens with zero attached hydrogens (tertiary/aromatic N) is 3. The van der Waals surface area contributed by atoms with Crippen molar-refractivity contribution >= 4 is 12.2 Å². The van der Waals surface area contributed by atoms with Crippen LogP contribution in [0.5, 0.6) is 5.75 Å². The highest BCUT2D eigenvalue weighted by molar-refractivity contribution is 5.84. The van der Waals surface area contributed by atoms with Crippen LogP contribution in [0.25, 0.3) is 11.5 Å². The maximum atomic E-state index is 9.61. The Kier molecular flexibility index (Phi) is 3.24. The van der Waals surface area contributed by atoms with Gasteiger partial charge in [-0.3, -0.25) is 0 Å². The van der Waals surface area contributed by atoms with E-state index in [4.69, 9.17) is 4.42 Å². The topological polar surface area (TPSA) is 71.5 Å². The first-order valence-electron chi connectivity index (χ1n) is 6.04. The van der Waals surface area contributed by atoms with Crippen molar-refractivity contribution in [2.24, 2.45) is 4.99 Å². The zero-order valence-electron chi connectivity index (χ0n) is 10.5. The summed E-state index contributed by atoms with van der Waals surface area (Å²) >= 11 is 0. The number of aromatic hydroxyl groups is 1. The van der Waals surface area contributed by atoms with Gasteiger partial charge in [0.15, 0.2) is 0 Å². The lowest BCUT2D eigenvalue weighted by atomic mass is 10.2. The highest BCUT2D eigenvalue weighted by Gasteiger charge is 2.06. The zero-order chi connectivity index (χ0) is 13.8. The van der Waals surface area contributed by atoms with Crippen molar-refractivity contribution in [3.8, 4) is 17.2 Å². The second-order valence-corrected chi connectivity index (χ2v) is 4.07. The minimum atomic E-state index is 0.145. The molecule has 1 aromatic heterocycles. The molecule has 2 aromatic carbocycles. The largest absolute Gasteiger partial charge is 0.507 e. The van der Waals surface area contributed by atoms with Gasteiger partial charge in [0.05, 0.1) is 0 Å². The highest BCUT2D eigenvalue weighted by Crippen LogP contribution is 2.21. The average molecular weight is 265 g/mol. The smallest absolute Gasteiger partial charge is 0.342 e. The van der Waals surface area contributed by atoms with Gasteiger partial charge in [-0.25, -0.2) is 4.99 Å². The molecule has 20 heavy (non-hydrogen) atoms. The molecule has 0 bridgehead atoms. The lowest BCUT2D eigenvalue weighted by molar-refractivity contribution is 0.474. The summed E-state index contributed by atoms with van der Waals surface area (Å²) < 4.78 is 5.43. The molecule has 0 aliphatic rings. The predicted molar refractivity (Wildman–Crippen MR) is 75.1 cm³/mol. The Hall–Kier alpha value is -2.95. The van der Waals surface area contributed by atoms with Crippen LogP contribution in [0.1, 0.15) is 5.56 Å². The summed E-state index contributed by atoms with van der Waals surface area (Å²) in [7, 11) is 0. The van der Waals surface area contributed by atoms with Crippen LogP contribution in [-0.2, 0) is 0 Å². The first-order chi connectivity index (χ1) is 9.83. The molecule has 5 nitrogen and oxygen atoms in total. The summed E-state index contributed by atoms with van der Waals surface area (Å²) in [5.41, 5.74) is 1.43. The third-order valence-electron chi connectivity index (χ3n) is 2.69. The van der Waals surface area contributed by atoms with Gasteiger partial charge in [-0.2, -0.15) is 0 Å². The van der Waals surface area contributed by atoms with Crippen LogP contribution in [0.15, 0.2) is 64.0 Å². The van der Waals surface area contributed by atoms with E-state index in [0.29, 0.717) is 11.5 Å². The number of hydrogen-bond donors (Lipinski definition) is 1. The number of phenolic OH excluding ortho intramolecular Hbond substituents is 1. The standard InChI is InChI=1S/C15H11N3O2/c19-13-9-5-4-8-12(13)10-16-15-18-17-14(20-15)11-6-2-1-3-7-11/h1-10,19H/b16-10+. The van der Waals surface area contributed by atoms with Crippen LogP contribution in [0.3, 0.4) is 0 Å². The van der Waals surface area contributed by atoms with E-state index in [2.05, 4.69) is 15.2 Å². The summed E-state index contributed by atoms with van der Waals surface area (Å²) in [6.45, 7) is 0. The predicted octanol–water partition coefficient (Wildman–Crippen LogP) is 3.19. The van der Waals surface area contributed by atoms with E-state index >= 15 is 0 Å². The molecule has 0 amide bonds. The molecule has 1 heterocycles. The number of rotatable bonds is 3. The van der Waals surface area contributed by atoms with Crippen molar-refractivity contribution in [2.75, 3.05) is 0 Å². The van der Waals surface area contributed by atoms with Gasteiger partial charge in [-0.05, 0) is 24.3 Å². The number of benzene rings is 2. The molecule has 0 fully saturated rings. The minimum Gasteiger partial charge on any atom is -0.507 e. The van der Waals surface area contributed by atoms with Crippen LogP contribution in [-0.4, -0.2) is 21.5 Å². The van der Waals surface area contributed by atoms with E-state index in [0.717, 1.165) is 5.56 Å². The Bertz CT molecular complexity index is 736. The van der Waals surface area contributed by atoms with Crippen LogP contribution in [0, 0.1) is 0 Å². The SMILES string of the molecule is Oc1ccccc1/C=N/c1nnc(-c2ccccc2)o1. The second-order valence-electron chi connectivity index (χ2n) is 4.07. The molecule has 3 rings (SSSR count). The van der Waals surface area contributed by atoms with Crippen molar-refractivity contribution < 1.29 is 9.52 Å². The fourth-order valence-corrected chi connectivity index (χ4v) is 1.69. The normalized spacial score (nSPS) is 11.0. The molecule has 0 aliphatic carbocycles. The number of aliphatic imine (C=N–C) groups is 1. The van der Waals surface area contributed by atoms with Gasteiger partial charge >= 0.3 is 6.01 Å². The van der Waals surface area contributed by atoms with Gasteiger partial charge in [-0.15, -0.1) is 5.10 Å². The van der Waals surface area contributed by atoms with Crippen LogP contribution < -0.4 is 0 Å². The molecular formula is C15H11N3O2. The average Bonchev–Trinajstić information content (AvgIpc) is 2.96. The Morgan fingerprint density at radius 3 is 2.50 bits per heavy atom. The number of phenols is 1. The van der Waals surface area contributed by atoms with Crippen molar-refractivity contribution in [1.82, 2.24) is 10.2 Å². The van der Waals surface area contributed by atoms with Crippen molar-refractivity contribution in [3.05, 3.63) is 60.2 Å². The molecule has 5 heteroatoms. The minimum absolute atomic E-state index is 0.145. The maximum Gasteiger partial charge on any atom is 0.342 e. The van der Waals surface area contributed by atoms with E-state index in [9.17, 15) is 5.11 Å². The van der Waals surface area contributed by atoms with Crippen molar-refractivity contribution in [1.29, 1.82) is 0 Å². The zero-order valence-corrected chi connectivity index (χ0v) is 10.5. The van der Waals surface area contributed by atoms with Gasteiger partial charge in [0.25, 0.3) is 0 Å². The van der Waals surface area contributed by atoms with Crippen molar-refractivity contribution in [3.63, 3.8) is 0 Å². The molecule has 0 unspecified atom stereocenters. The van der Waals surface area contributed by atoms with E-state index in [1.165, 1.54) is 6.21 Å². The molecule has 98 valence electrons. The number of hydrogen-bond acceptors (Lipinski definition) is 5. The second kappa shape index (κ2) is 5.36. The molecule has 0 aliphatic heterocycles. The Morgan fingerprint density at radius 2 is 1.70 bits per heavy atom. The molecule has 1 N–H and O–H groups in total. The highest BCUT2D eigenvalue weighted by atomic mass is 16.4. The fraction of sp³-hybridized carbons (Fsp3) is 0. The van der Waals surface area contributed by atoms with Crippen LogP contribution in [0.2, 0.25) is 0 Å². The van der Waals surface area contributed by atoms with Gasteiger partial charge in [0.1, 0.15) is 5.75 Å². The van der Waals surface area contributed by atoms with Gasteiger partial charge in [0.2, 0.25) is 5.89 Å². The molecular weight excluding hydrogens is 254 g/mol. The van der Waals surface area contributed by atoms with Gasteiger partial charge < -0.3 is 9.52 Å². The van der Waals surface area contributed by atoms with Gasteiger partial charge in [0, 0.05) is 17.3 Å². The third kappa shape index (κ3) is 2.56. The summed E-state index contributed by atoms with van der Waals surface area (Å²) in [6, 6.07) is 16.5. The summed E-state index contributed by atoms with van der Waals surface area (Å²) in [6.07, 6.45) is 1.48.